The molecule has 20 heavy (non-hydrogen) atoms. The van der Waals surface area contributed by atoms with Crippen LogP contribution in [0.15, 0.2) is 42.5 Å². The number of aryl methyl sites for hydroxylation is 1. The number of rotatable bonds is 4. The van der Waals surface area contributed by atoms with Crippen molar-refractivity contribution in [2.75, 3.05) is 26.0 Å². The Kier molecular flexibility index (Phi) is 4.40. The largest absolute Gasteiger partial charge is 0.378 e. The summed E-state index contributed by atoms with van der Waals surface area (Å²) in [4.78, 5) is 2.08. The van der Waals surface area contributed by atoms with Gasteiger partial charge in [-0.25, -0.2) is 4.39 Å². The Morgan fingerprint density at radius 3 is 2.35 bits per heavy atom. The van der Waals surface area contributed by atoms with Gasteiger partial charge in [-0.3, -0.25) is 0 Å². The third-order valence-corrected chi connectivity index (χ3v) is 3.52. The van der Waals surface area contributed by atoms with Crippen LogP contribution in [-0.4, -0.2) is 21.1 Å². The fourth-order valence-corrected chi connectivity index (χ4v) is 2.36. The molecular weight excluding hydrogens is 251 g/mol. The first-order valence-electron chi connectivity index (χ1n) is 6.73. The van der Waals surface area contributed by atoms with Gasteiger partial charge < -0.3 is 10.2 Å². The maximum absolute atomic E-state index is 13.4. The van der Waals surface area contributed by atoms with Crippen LogP contribution in [0.25, 0.3) is 0 Å². The molecule has 2 aromatic carbocycles. The first kappa shape index (κ1) is 14.5. The van der Waals surface area contributed by atoms with E-state index < -0.39 is 0 Å². The molecule has 0 aliphatic carbocycles. The molecule has 0 amide bonds. The molecule has 2 aromatic rings. The van der Waals surface area contributed by atoms with E-state index in [1.165, 1.54) is 11.6 Å². The molecule has 0 radical (unpaired) electrons. The Morgan fingerprint density at radius 1 is 1.05 bits per heavy atom. The number of halogens is 1. The number of anilines is 1. The van der Waals surface area contributed by atoms with Crippen LogP contribution < -0.4 is 10.2 Å². The van der Waals surface area contributed by atoms with Crippen molar-refractivity contribution in [2.45, 2.75) is 13.0 Å². The quantitative estimate of drug-likeness (QED) is 0.916. The molecule has 0 aliphatic rings. The van der Waals surface area contributed by atoms with Crippen LogP contribution in [0, 0.1) is 12.7 Å². The van der Waals surface area contributed by atoms with Crippen molar-refractivity contribution in [1.82, 2.24) is 5.32 Å². The normalized spacial score (nSPS) is 12.2. The Bertz CT molecular complexity index is 593. The maximum Gasteiger partial charge on any atom is 0.126 e. The minimum Gasteiger partial charge on any atom is -0.378 e. The molecule has 0 saturated heterocycles. The minimum atomic E-state index is -0.161. The van der Waals surface area contributed by atoms with Gasteiger partial charge in [0.2, 0.25) is 0 Å². The number of benzene rings is 2. The number of hydrogen-bond acceptors (Lipinski definition) is 2. The van der Waals surface area contributed by atoms with E-state index in [4.69, 9.17) is 0 Å². The third kappa shape index (κ3) is 2.99. The first-order chi connectivity index (χ1) is 9.52. The highest BCUT2D eigenvalue weighted by Crippen LogP contribution is 2.26. The van der Waals surface area contributed by atoms with E-state index in [0.29, 0.717) is 5.56 Å². The van der Waals surface area contributed by atoms with E-state index in [2.05, 4.69) is 28.4 Å². The summed E-state index contributed by atoms with van der Waals surface area (Å²) in [6.07, 6.45) is 0. The van der Waals surface area contributed by atoms with Gasteiger partial charge in [0.1, 0.15) is 5.82 Å². The summed E-state index contributed by atoms with van der Waals surface area (Å²) in [5.41, 5.74) is 4.07. The Morgan fingerprint density at radius 2 is 1.75 bits per heavy atom. The predicted molar refractivity (Wildman–Crippen MR) is 82.8 cm³/mol. The molecule has 3 heteroatoms. The molecular formula is C17H21FN2. The first-order valence-corrected chi connectivity index (χ1v) is 6.73. The minimum absolute atomic E-state index is 0.0641. The summed E-state index contributed by atoms with van der Waals surface area (Å²) >= 11 is 0. The molecule has 0 aliphatic heterocycles. The molecule has 0 aromatic heterocycles. The van der Waals surface area contributed by atoms with Crippen molar-refractivity contribution in [2.24, 2.45) is 0 Å². The lowest BCUT2D eigenvalue weighted by molar-refractivity contribution is 0.614. The molecule has 0 saturated carbocycles. The molecule has 1 unspecified atom stereocenters. The molecule has 106 valence electrons. The smallest absolute Gasteiger partial charge is 0.126 e. The molecule has 1 N–H and O–H groups in total. The fourth-order valence-electron chi connectivity index (χ4n) is 2.36. The van der Waals surface area contributed by atoms with Gasteiger partial charge in [-0.05, 0) is 48.9 Å². The third-order valence-electron chi connectivity index (χ3n) is 3.52. The van der Waals surface area contributed by atoms with E-state index in [-0.39, 0.29) is 11.9 Å². The van der Waals surface area contributed by atoms with Gasteiger partial charge in [0.15, 0.2) is 0 Å². The summed E-state index contributed by atoms with van der Waals surface area (Å²) in [7, 11) is 5.97. The second kappa shape index (κ2) is 6.06. The van der Waals surface area contributed by atoms with E-state index in [1.807, 2.05) is 39.3 Å². The molecule has 1 atom stereocenters. The van der Waals surface area contributed by atoms with Crippen molar-refractivity contribution in [3.63, 3.8) is 0 Å². The summed E-state index contributed by atoms with van der Waals surface area (Å²) < 4.78 is 13.4. The highest BCUT2D eigenvalue weighted by molar-refractivity contribution is 5.49. The zero-order valence-corrected chi connectivity index (χ0v) is 12.4. The van der Waals surface area contributed by atoms with Gasteiger partial charge in [-0.15, -0.1) is 0 Å². The summed E-state index contributed by atoms with van der Waals surface area (Å²) in [6, 6.07) is 13.7. The monoisotopic (exact) mass is 272 g/mol. The summed E-state index contributed by atoms with van der Waals surface area (Å²) in [6.45, 7) is 1.79. The highest BCUT2D eigenvalue weighted by Gasteiger charge is 2.13. The lowest BCUT2D eigenvalue weighted by Gasteiger charge is -2.20. The van der Waals surface area contributed by atoms with Crippen LogP contribution in [0.2, 0.25) is 0 Å². The standard InChI is InChI=1S/C17H21FN2/c1-12-10-14(8-9-16(12)18)17(19-2)13-6-5-7-15(11-13)20(3)4/h5-11,17,19H,1-4H3. The zero-order chi connectivity index (χ0) is 14.7. The average molecular weight is 272 g/mol. The van der Waals surface area contributed by atoms with Crippen LogP contribution in [0.4, 0.5) is 10.1 Å². The van der Waals surface area contributed by atoms with Crippen molar-refractivity contribution in [3.05, 3.63) is 65.0 Å². The van der Waals surface area contributed by atoms with Crippen molar-refractivity contribution in [1.29, 1.82) is 0 Å². The van der Waals surface area contributed by atoms with E-state index in [9.17, 15) is 4.39 Å². The van der Waals surface area contributed by atoms with Gasteiger partial charge >= 0.3 is 0 Å². The lowest BCUT2D eigenvalue weighted by Crippen LogP contribution is -2.18. The molecule has 0 fully saturated rings. The molecule has 2 rings (SSSR count). The Hall–Kier alpha value is -1.87. The topological polar surface area (TPSA) is 15.3 Å². The number of nitrogens with zero attached hydrogens (tertiary/aromatic N) is 1. The maximum atomic E-state index is 13.4. The van der Waals surface area contributed by atoms with Gasteiger partial charge in [-0.2, -0.15) is 0 Å². The van der Waals surface area contributed by atoms with Crippen LogP contribution in [-0.2, 0) is 0 Å². The van der Waals surface area contributed by atoms with Crippen molar-refractivity contribution >= 4 is 5.69 Å². The zero-order valence-electron chi connectivity index (χ0n) is 12.4. The Balaban J connectivity index is 2.41. The second-order valence-electron chi connectivity index (χ2n) is 5.22. The summed E-state index contributed by atoms with van der Waals surface area (Å²) in [5.74, 6) is -0.161. The molecule has 0 bridgehead atoms. The summed E-state index contributed by atoms with van der Waals surface area (Å²) in [5, 5.41) is 3.31. The van der Waals surface area contributed by atoms with E-state index >= 15 is 0 Å². The van der Waals surface area contributed by atoms with Crippen LogP contribution in [0.3, 0.4) is 0 Å². The van der Waals surface area contributed by atoms with Crippen LogP contribution in [0.5, 0.6) is 0 Å². The number of nitrogens with one attached hydrogen (secondary N) is 1. The number of hydrogen-bond donors (Lipinski definition) is 1. The second-order valence-corrected chi connectivity index (χ2v) is 5.22. The van der Waals surface area contributed by atoms with Crippen molar-refractivity contribution in [3.8, 4) is 0 Å². The Labute approximate surface area is 120 Å². The molecule has 0 heterocycles. The van der Waals surface area contributed by atoms with Gasteiger partial charge in [0, 0.05) is 19.8 Å². The lowest BCUT2D eigenvalue weighted by atomic mass is 9.97. The van der Waals surface area contributed by atoms with Crippen molar-refractivity contribution < 1.29 is 4.39 Å². The van der Waals surface area contributed by atoms with Gasteiger partial charge in [0.25, 0.3) is 0 Å². The van der Waals surface area contributed by atoms with Crippen LogP contribution >= 0.6 is 0 Å². The van der Waals surface area contributed by atoms with Gasteiger partial charge in [-0.1, -0.05) is 24.3 Å². The van der Waals surface area contributed by atoms with E-state index in [1.54, 1.807) is 6.92 Å². The molecule has 2 nitrogen and oxygen atoms in total. The SMILES string of the molecule is CNC(c1cccc(N(C)C)c1)c1ccc(F)c(C)c1. The van der Waals surface area contributed by atoms with Gasteiger partial charge in [0.05, 0.1) is 6.04 Å². The highest BCUT2D eigenvalue weighted by atomic mass is 19.1. The predicted octanol–water partition coefficient (Wildman–Crippen LogP) is 3.51. The van der Waals surface area contributed by atoms with E-state index in [0.717, 1.165) is 11.3 Å². The average Bonchev–Trinajstić information content (AvgIpc) is 2.44. The molecule has 0 spiro atoms. The van der Waals surface area contributed by atoms with Crippen LogP contribution in [0.1, 0.15) is 22.7 Å². The fraction of sp³-hybridized carbons (Fsp3) is 0.294.